The van der Waals surface area contributed by atoms with Gasteiger partial charge >= 0.3 is 23.5 Å². The van der Waals surface area contributed by atoms with E-state index >= 15 is 0 Å². The molecule has 0 aromatic carbocycles. The van der Waals surface area contributed by atoms with E-state index in [2.05, 4.69) is 34.4 Å². The Kier molecular flexibility index (Phi) is 12.8. The lowest BCUT2D eigenvalue weighted by atomic mass is 9.87. The fourth-order valence-electron chi connectivity index (χ4n) is 4.14. The summed E-state index contributed by atoms with van der Waals surface area (Å²) >= 11 is 0. The van der Waals surface area contributed by atoms with Crippen LogP contribution in [0.4, 0.5) is 5.82 Å². The van der Waals surface area contributed by atoms with Gasteiger partial charge in [-0.15, -0.1) is 0 Å². The third-order valence-corrected chi connectivity index (χ3v) is 9.55. The van der Waals surface area contributed by atoms with Gasteiger partial charge in [-0.25, -0.2) is 28.6 Å². The maximum atomic E-state index is 12.6. The maximum absolute atomic E-state index is 12.6. The number of hydrogen-bond donors (Lipinski definition) is 9. The summed E-state index contributed by atoms with van der Waals surface area (Å²) < 4.78 is 61.6. The number of rotatable bonds is 17. The van der Waals surface area contributed by atoms with Crippen LogP contribution in [0.2, 0.25) is 0 Å². The second-order valence-electron chi connectivity index (χ2n) is 10.7. The van der Waals surface area contributed by atoms with Gasteiger partial charge in [0.15, 0.2) is 17.7 Å². The van der Waals surface area contributed by atoms with E-state index in [1.807, 2.05) is 0 Å². The Morgan fingerprint density at radius 1 is 1.11 bits per heavy atom. The number of phosphoric acid groups is 3. The molecule has 0 aliphatic carbocycles. The van der Waals surface area contributed by atoms with E-state index in [1.165, 1.54) is 13.8 Å². The number of nitrogen functional groups attached to an aromatic ring is 1. The number of carbonyl (C=O) groups is 2. The molecule has 2 aromatic heterocycles. The standard InChI is InChI=1S/C21H36N7O16P3/c1-4-23-12(29)5-6-24-19(32)16(31)21(2,3)8-41-47(38,39)44-46(36,37)40-7-11-15(43-45(33,34)35)14(30)20(42-11)28-10-27-13-17(22)25-9-26-18(13)28/h9-11,14-16,20,30-31H,4-8H2,1-3H3,(H,23,29)(H,24,32)(H,36,37)(H,38,39)(H2,22,25,26)(H2,33,34,35)/t11-,14+,15-,16+,20+/m0/s1. The second-order valence-corrected chi connectivity index (χ2v) is 14.9. The number of fused-ring (bicyclic) bond motifs is 1. The van der Waals surface area contributed by atoms with Gasteiger partial charge in [-0.1, -0.05) is 13.8 Å². The average Bonchev–Trinajstić information content (AvgIpc) is 3.51. The molecule has 26 heteroatoms. The number of nitrogens with two attached hydrogens (primary N) is 1. The number of hydrogen-bond acceptors (Lipinski definition) is 16. The zero-order valence-electron chi connectivity index (χ0n) is 25.1. The molecule has 10 N–H and O–H groups in total. The molecule has 2 aromatic rings. The number of carbonyl (C=O) groups excluding carboxylic acids is 2. The van der Waals surface area contributed by atoms with Gasteiger partial charge in [0.05, 0.1) is 19.5 Å². The van der Waals surface area contributed by atoms with Crippen molar-refractivity contribution in [3.05, 3.63) is 12.7 Å². The number of anilines is 1. The summed E-state index contributed by atoms with van der Waals surface area (Å²) in [5.74, 6) is -1.31. The van der Waals surface area contributed by atoms with Gasteiger partial charge in [-0.3, -0.25) is 27.7 Å². The number of nitrogens with zero attached hydrogens (tertiary/aromatic N) is 4. The van der Waals surface area contributed by atoms with Crippen molar-refractivity contribution in [2.45, 2.75) is 57.8 Å². The molecule has 0 bridgehead atoms. The molecular formula is C21H36N7O16P3. The molecule has 1 aliphatic rings. The van der Waals surface area contributed by atoms with Gasteiger partial charge in [0.25, 0.3) is 0 Å². The fourth-order valence-corrected chi connectivity index (χ4v) is 6.97. The number of phosphoric ester groups is 3. The molecule has 3 heterocycles. The smallest absolute Gasteiger partial charge is 0.386 e. The predicted octanol–water partition coefficient (Wildman–Crippen LogP) is -1.58. The first-order chi connectivity index (χ1) is 21.7. The fraction of sp³-hybridized carbons (Fsp3) is 0.667. The van der Waals surface area contributed by atoms with E-state index in [4.69, 9.17) is 19.5 Å². The first-order valence-electron chi connectivity index (χ1n) is 13.6. The summed E-state index contributed by atoms with van der Waals surface area (Å²) in [6.07, 6.45) is -6.68. The minimum absolute atomic E-state index is 0.0346. The van der Waals surface area contributed by atoms with Crippen LogP contribution in [0.15, 0.2) is 12.7 Å². The van der Waals surface area contributed by atoms with Crippen molar-refractivity contribution in [1.82, 2.24) is 30.2 Å². The third-order valence-electron chi connectivity index (χ3n) is 6.45. The summed E-state index contributed by atoms with van der Waals surface area (Å²) in [4.78, 5) is 74.4. The Balaban J connectivity index is 1.63. The highest BCUT2D eigenvalue weighted by Crippen LogP contribution is 2.61. The number of nitrogens with one attached hydrogen (secondary N) is 2. The minimum Gasteiger partial charge on any atom is -0.386 e. The molecule has 266 valence electrons. The first kappa shape index (κ1) is 39.0. The summed E-state index contributed by atoms with van der Waals surface area (Å²) in [6, 6.07) is 0. The van der Waals surface area contributed by atoms with Gasteiger partial charge in [-0.05, 0) is 6.92 Å². The Bertz CT molecular complexity index is 1570. The molecule has 1 fully saturated rings. The maximum Gasteiger partial charge on any atom is 0.481 e. The van der Waals surface area contributed by atoms with Crippen LogP contribution in [0.1, 0.15) is 33.4 Å². The predicted molar refractivity (Wildman–Crippen MR) is 155 cm³/mol. The highest BCUT2D eigenvalue weighted by atomic mass is 31.3. The van der Waals surface area contributed by atoms with Gasteiger partial charge in [0, 0.05) is 24.9 Å². The molecule has 23 nitrogen and oxygen atoms in total. The lowest BCUT2D eigenvalue weighted by Crippen LogP contribution is -2.46. The summed E-state index contributed by atoms with van der Waals surface area (Å²) in [5, 5.41) is 26.0. The molecule has 2 amide bonds. The van der Waals surface area contributed by atoms with Crippen molar-refractivity contribution in [1.29, 1.82) is 0 Å². The molecule has 0 saturated carbocycles. The van der Waals surface area contributed by atoms with Crippen molar-refractivity contribution in [2.24, 2.45) is 5.41 Å². The molecule has 7 atom stereocenters. The van der Waals surface area contributed by atoms with Crippen molar-refractivity contribution in [3.63, 3.8) is 0 Å². The van der Waals surface area contributed by atoms with Gasteiger partial charge in [0.1, 0.15) is 36.3 Å². The molecule has 2 unspecified atom stereocenters. The Morgan fingerprint density at radius 3 is 2.40 bits per heavy atom. The van der Waals surface area contributed by atoms with Crippen molar-refractivity contribution >= 4 is 52.3 Å². The topological polar surface area (TPSA) is 347 Å². The van der Waals surface area contributed by atoms with Crippen LogP contribution < -0.4 is 16.4 Å². The van der Waals surface area contributed by atoms with Crippen LogP contribution in [0.5, 0.6) is 0 Å². The molecule has 0 spiro atoms. The lowest BCUT2D eigenvalue weighted by molar-refractivity contribution is -0.137. The van der Waals surface area contributed by atoms with Crippen molar-refractivity contribution < 1.29 is 75.7 Å². The van der Waals surface area contributed by atoms with Crippen LogP contribution >= 0.6 is 23.5 Å². The van der Waals surface area contributed by atoms with Crippen LogP contribution in [-0.4, -0.2) is 112 Å². The number of amides is 2. The zero-order valence-corrected chi connectivity index (χ0v) is 27.7. The Hall–Kier alpha value is -2.46. The van der Waals surface area contributed by atoms with Crippen LogP contribution in [0.25, 0.3) is 11.2 Å². The number of aliphatic hydroxyl groups is 2. The lowest BCUT2D eigenvalue weighted by Gasteiger charge is -2.30. The van der Waals surface area contributed by atoms with Gasteiger partial charge in [0.2, 0.25) is 11.8 Å². The van der Waals surface area contributed by atoms with Gasteiger partial charge < -0.3 is 50.9 Å². The first-order valence-corrected chi connectivity index (χ1v) is 18.1. The van der Waals surface area contributed by atoms with Crippen LogP contribution in [0, 0.1) is 5.41 Å². The van der Waals surface area contributed by atoms with Crippen LogP contribution in [-0.2, 0) is 45.9 Å². The van der Waals surface area contributed by atoms with Gasteiger partial charge in [-0.2, -0.15) is 4.31 Å². The monoisotopic (exact) mass is 735 g/mol. The molecule has 0 radical (unpaired) electrons. The van der Waals surface area contributed by atoms with E-state index < -0.39 is 78.6 Å². The number of aliphatic hydroxyl groups excluding tert-OH is 2. The van der Waals surface area contributed by atoms with E-state index in [0.717, 1.165) is 17.2 Å². The van der Waals surface area contributed by atoms with Crippen molar-refractivity contribution in [3.8, 4) is 0 Å². The highest BCUT2D eigenvalue weighted by Gasteiger charge is 2.50. The zero-order chi connectivity index (χ0) is 35.4. The Labute approximate surface area is 266 Å². The molecular weight excluding hydrogens is 699 g/mol. The quantitative estimate of drug-likeness (QED) is 0.0828. The second kappa shape index (κ2) is 15.4. The number of ether oxygens (including phenoxy) is 1. The average molecular weight is 735 g/mol. The summed E-state index contributed by atoms with van der Waals surface area (Å²) in [5.41, 5.74) is 4.31. The van der Waals surface area contributed by atoms with E-state index in [0.29, 0.717) is 6.54 Å². The van der Waals surface area contributed by atoms with E-state index in [1.54, 1.807) is 6.92 Å². The van der Waals surface area contributed by atoms with Crippen LogP contribution in [0.3, 0.4) is 0 Å². The summed E-state index contributed by atoms with van der Waals surface area (Å²) in [7, 11) is -16.3. The normalized spacial score (nSPS) is 23.6. The summed E-state index contributed by atoms with van der Waals surface area (Å²) in [6.45, 7) is 2.54. The molecule has 3 rings (SSSR count). The molecule has 1 saturated heterocycles. The SMILES string of the molecule is CCNC(=O)CCNC(=O)[C@@H](O)C(C)(C)COP(=O)(O)OP(=O)(O)OC[C@@H]1O[C@@H](n2cnc3c(N)ncnc32)[C@H](O)[C@H]1OP(=O)(O)O. The third kappa shape index (κ3) is 10.8. The number of imidazole rings is 1. The van der Waals surface area contributed by atoms with Crippen molar-refractivity contribution in [2.75, 3.05) is 32.0 Å². The Morgan fingerprint density at radius 2 is 1.77 bits per heavy atom. The van der Waals surface area contributed by atoms with E-state index in [-0.39, 0.29) is 35.9 Å². The molecule has 47 heavy (non-hydrogen) atoms. The molecule has 1 aliphatic heterocycles. The minimum atomic E-state index is -5.53. The largest absolute Gasteiger partial charge is 0.481 e. The highest BCUT2D eigenvalue weighted by molar-refractivity contribution is 7.61. The van der Waals surface area contributed by atoms with E-state index in [9.17, 15) is 53.1 Å². The number of aromatic nitrogens is 4.